The Morgan fingerprint density at radius 2 is 1.93 bits per heavy atom. The summed E-state index contributed by atoms with van der Waals surface area (Å²) >= 11 is 0. The number of nitrogens with zero attached hydrogens (tertiary/aromatic N) is 1. The lowest BCUT2D eigenvalue weighted by atomic mass is 10.1. The van der Waals surface area contributed by atoms with E-state index in [1.807, 2.05) is 18.2 Å². The maximum Gasteiger partial charge on any atom is 0.214 e. The molecule has 0 bridgehead atoms. The van der Waals surface area contributed by atoms with Crippen LogP contribution in [-0.2, 0) is 6.54 Å². The average molecular weight is 314 g/mol. The zero-order chi connectivity index (χ0) is 10.1. The number of para-hydroxylation sites is 1. The van der Waals surface area contributed by atoms with Crippen LogP contribution in [0, 0.1) is 6.92 Å². The molecule has 0 unspecified atom stereocenters. The van der Waals surface area contributed by atoms with Crippen LogP contribution in [0.1, 0.15) is 12.6 Å². The molecule has 0 spiro atoms. The van der Waals surface area contributed by atoms with E-state index < -0.39 is 0 Å². The summed E-state index contributed by atoms with van der Waals surface area (Å²) in [5.41, 5.74) is 9.26. The summed E-state index contributed by atoms with van der Waals surface area (Å²) in [6.07, 6.45) is 0. The van der Waals surface area contributed by atoms with Gasteiger partial charge in [0.1, 0.15) is 6.54 Å². The van der Waals surface area contributed by atoms with Crippen LogP contribution in [0.25, 0.3) is 10.9 Å². The molecule has 2 N–H and O–H groups in total. The SMILES string of the molecule is CC[n+]1c(C)cc(N)c2ccccc21.[I-]. The van der Waals surface area contributed by atoms with E-state index in [2.05, 4.69) is 30.5 Å². The molecule has 2 nitrogen and oxygen atoms in total. The minimum atomic E-state index is 0. The highest BCUT2D eigenvalue weighted by atomic mass is 127. The van der Waals surface area contributed by atoms with Crippen molar-refractivity contribution in [1.29, 1.82) is 0 Å². The van der Waals surface area contributed by atoms with Crippen molar-refractivity contribution in [1.82, 2.24) is 0 Å². The molecule has 0 aliphatic carbocycles. The van der Waals surface area contributed by atoms with Crippen LogP contribution in [0.4, 0.5) is 5.69 Å². The van der Waals surface area contributed by atoms with Gasteiger partial charge in [-0.3, -0.25) is 0 Å². The Morgan fingerprint density at radius 3 is 2.60 bits per heavy atom. The maximum absolute atomic E-state index is 5.97. The molecule has 1 aromatic carbocycles. The van der Waals surface area contributed by atoms with E-state index in [4.69, 9.17) is 5.73 Å². The van der Waals surface area contributed by atoms with E-state index >= 15 is 0 Å². The molecule has 2 aromatic rings. The predicted octanol–water partition coefficient (Wildman–Crippen LogP) is -0.958. The van der Waals surface area contributed by atoms with Crippen molar-refractivity contribution in [2.45, 2.75) is 20.4 Å². The molecular formula is C12H15IN2. The van der Waals surface area contributed by atoms with Crippen molar-refractivity contribution in [2.75, 3.05) is 5.73 Å². The molecule has 80 valence electrons. The van der Waals surface area contributed by atoms with Crippen LogP contribution in [0.3, 0.4) is 0 Å². The number of hydrogen-bond acceptors (Lipinski definition) is 1. The quantitative estimate of drug-likeness (QED) is 0.533. The molecule has 0 atom stereocenters. The lowest BCUT2D eigenvalue weighted by Gasteiger charge is -2.04. The number of rotatable bonds is 1. The zero-order valence-electron chi connectivity index (χ0n) is 9.00. The third-order valence-electron chi connectivity index (χ3n) is 2.61. The molecule has 0 saturated carbocycles. The third-order valence-corrected chi connectivity index (χ3v) is 2.61. The summed E-state index contributed by atoms with van der Waals surface area (Å²) in [5, 5.41) is 1.14. The highest BCUT2D eigenvalue weighted by Crippen LogP contribution is 2.18. The van der Waals surface area contributed by atoms with Gasteiger partial charge in [-0.2, -0.15) is 4.57 Å². The fraction of sp³-hybridized carbons (Fsp3) is 0.250. The molecule has 2 rings (SSSR count). The van der Waals surface area contributed by atoms with Crippen LogP contribution in [0.2, 0.25) is 0 Å². The summed E-state index contributed by atoms with van der Waals surface area (Å²) in [6.45, 7) is 5.22. The van der Waals surface area contributed by atoms with Gasteiger partial charge in [-0.1, -0.05) is 12.1 Å². The summed E-state index contributed by atoms with van der Waals surface area (Å²) in [7, 11) is 0. The third kappa shape index (κ3) is 2.07. The van der Waals surface area contributed by atoms with Crippen LogP contribution >= 0.6 is 0 Å². The summed E-state index contributed by atoms with van der Waals surface area (Å²) < 4.78 is 2.27. The Balaban J connectivity index is 0.00000112. The number of anilines is 1. The van der Waals surface area contributed by atoms with Gasteiger partial charge in [-0.15, -0.1) is 0 Å². The molecule has 0 fully saturated rings. The number of nitrogen functional groups attached to an aromatic ring is 1. The topological polar surface area (TPSA) is 29.9 Å². The van der Waals surface area contributed by atoms with Crippen LogP contribution in [-0.4, -0.2) is 0 Å². The number of halogens is 1. The number of fused-ring (bicyclic) bond motifs is 1. The fourth-order valence-corrected chi connectivity index (χ4v) is 1.94. The molecule has 0 amide bonds. The van der Waals surface area contributed by atoms with Crippen molar-refractivity contribution in [2.24, 2.45) is 0 Å². The molecule has 1 aromatic heterocycles. The first-order chi connectivity index (χ1) is 6.74. The number of aromatic nitrogens is 1. The average Bonchev–Trinajstić information content (AvgIpc) is 2.18. The summed E-state index contributed by atoms with van der Waals surface area (Å²) in [5.74, 6) is 0. The molecule has 0 aliphatic heterocycles. The van der Waals surface area contributed by atoms with Crippen molar-refractivity contribution in [3.8, 4) is 0 Å². The van der Waals surface area contributed by atoms with Gasteiger partial charge in [0.25, 0.3) is 0 Å². The van der Waals surface area contributed by atoms with E-state index in [0.717, 1.165) is 17.6 Å². The van der Waals surface area contributed by atoms with Crippen molar-refractivity contribution in [3.63, 3.8) is 0 Å². The van der Waals surface area contributed by atoms with Gasteiger partial charge in [0.15, 0.2) is 5.69 Å². The molecular weight excluding hydrogens is 299 g/mol. The second-order valence-electron chi connectivity index (χ2n) is 3.50. The smallest absolute Gasteiger partial charge is 0.214 e. The number of pyridine rings is 1. The molecule has 0 aliphatic rings. The minimum Gasteiger partial charge on any atom is -1.00 e. The highest BCUT2D eigenvalue weighted by molar-refractivity contribution is 5.87. The first-order valence-electron chi connectivity index (χ1n) is 4.91. The van der Waals surface area contributed by atoms with E-state index in [0.29, 0.717) is 0 Å². The zero-order valence-corrected chi connectivity index (χ0v) is 11.2. The van der Waals surface area contributed by atoms with Crippen LogP contribution in [0.15, 0.2) is 30.3 Å². The first kappa shape index (κ1) is 12.2. The largest absolute Gasteiger partial charge is 1.00 e. The summed E-state index contributed by atoms with van der Waals surface area (Å²) in [6, 6.07) is 10.3. The van der Waals surface area contributed by atoms with Gasteiger partial charge in [0.2, 0.25) is 5.52 Å². The van der Waals surface area contributed by atoms with Crippen molar-refractivity contribution < 1.29 is 28.5 Å². The standard InChI is InChI=1S/C12H14N2.HI/c1-3-14-9(2)8-11(13)10-6-4-5-7-12(10)14;/h4-8,13H,3H2,1-2H3;1H. The Labute approximate surface area is 107 Å². The molecule has 15 heavy (non-hydrogen) atoms. The monoisotopic (exact) mass is 314 g/mol. The highest BCUT2D eigenvalue weighted by Gasteiger charge is 2.12. The summed E-state index contributed by atoms with van der Waals surface area (Å²) in [4.78, 5) is 0. The maximum atomic E-state index is 5.97. The van der Waals surface area contributed by atoms with Gasteiger partial charge in [0, 0.05) is 19.1 Å². The second kappa shape index (κ2) is 4.79. The fourth-order valence-electron chi connectivity index (χ4n) is 1.94. The molecule has 3 heteroatoms. The van der Waals surface area contributed by atoms with Crippen molar-refractivity contribution >= 4 is 16.6 Å². The van der Waals surface area contributed by atoms with E-state index in [9.17, 15) is 0 Å². The number of hydrogen-bond donors (Lipinski definition) is 1. The van der Waals surface area contributed by atoms with Gasteiger partial charge >= 0.3 is 0 Å². The first-order valence-corrected chi connectivity index (χ1v) is 4.91. The van der Waals surface area contributed by atoms with E-state index in [-0.39, 0.29) is 24.0 Å². The predicted molar refractivity (Wildman–Crippen MR) is 59.0 cm³/mol. The van der Waals surface area contributed by atoms with Gasteiger partial charge in [-0.05, 0) is 13.0 Å². The second-order valence-corrected chi connectivity index (χ2v) is 3.50. The lowest BCUT2D eigenvalue weighted by Crippen LogP contribution is -3.00. The van der Waals surface area contributed by atoms with Gasteiger partial charge in [-0.25, -0.2) is 0 Å². The van der Waals surface area contributed by atoms with Gasteiger partial charge in [0.05, 0.1) is 11.1 Å². The van der Waals surface area contributed by atoms with E-state index in [1.165, 1.54) is 11.2 Å². The Kier molecular flexibility index (Phi) is 3.90. The van der Waals surface area contributed by atoms with Crippen LogP contribution in [0.5, 0.6) is 0 Å². The molecule has 1 heterocycles. The lowest BCUT2D eigenvalue weighted by molar-refractivity contribution is -0.673. The minimum absolute atomic E-state index is 0. The number of nitrogens with two attached hydrogens (primary N) is 1. The Morgan fingerprint density at radius 1 is 1.27 bits per heavy atom. The normalized spacial score (nSPS) is 10.0. The Bertz CT molecular complexity index is 480. The molecule has 0 saturated heterocycles. The number of aryl methyl sites for hydroxylation is 2. The Hall–Kier alpha value is -0.840. The van der Waals surface area contributed by atoms with E-state index in [1.54, 1.807) is 0 Å². The number of benzene rings is 1. The van der Waals surface area contributed by atoms with Gasteiger partial charge < -0.3 is 29.7 Å². The van der Waals surface area contributed by atoms with Crippen molar-refractivity contribution in [3.05, 3.63) is 36.0 Å². The van der Waals surface area contributed by atoms with Crippen LogP contribution < -0.4 is 34.3 Å². The molecule has 0 radical (unpaired) electrons.